The fourth-order valence-corrected chi connectivity index (χ4v) is 11.2. The zero-order valence-corrected chi connectivity index (χ0v) is 51.4. The minimum atomic E-state index is -0.0819. The maximum Gasteiger partial charge on any atom is 2.00 e. The Bertz CT molecular complexity index is 4230. The quantitative estimate of drug-likeness (QED) is 0.107. The molecule has 0 fully saturated rings. The van der Waals surface area contributed by atoms with Gasteiger partial charge in [0.25, 0.3) is 5.69 Å². The van der Waals surface area contributed by atoms with E-state index in [1.165, 1.54) is 33.4 Å². The molecule has 3 heterocycles. The van der Waals surface area contributed by atoms with Crippen LogP contribution >= 0.6 is 0 Å². The molecule has 0 unspecified atom stereocenters. The summed E-state index contributed by atoms with van der Waals surface area (Å²) in [6.07, 6.45) is 1.93. The average molecular weight is 1250 g/mol. The fourth-order valence-electron chi connectivity index (χ4n) is 11.2. The van der Waals surface area contributed by atoms with E-state index in [0.717, 1.165) is 83.8 Å². The second-order valence-electron chi connectivity index (χ2n) is 25.8. The Morgan fingerprint density at radius 1 is 0.415 bits per heavy atom. The number of nitrogens with zero attached hydrogens (tertiary/aromatic N) is 4. The fraction of sp³-hybridized carbons (Fsp3) is 0.211. The molecule has 0 radical (unpaired) electrons. The van der Waals surface area contributed by atoms with E-state index < -0.39 is 0 Å². The first kappa shape index (κ1) is 55.7. The summed E-state index contributed by atoms with van der Waals surface area (Å²) < 4.78 is 13.6. The summed E-state index contributed by atoms with van der Waals surface area (Å²) in [5, 5.41) is 2.19. The van der Waals surface area contributed by atoms with Gasteiger partial charge in [-0.05, 0) is 118 Å². The van der Waals surface area contributed by atoms with Crippen LogP contribution in [0.25, 0.3) is 72.1 Å². The summed E-state index contributed by atoms with van der Waals surface area (Å²) in [7, 11) is 0. The standard InChI is InChI=1S/C76H70N4O.Pt/c1-73(2,3)55-28-19-27-53(41-55)64-33-22-34-68-72(64)79(71-62(50-23-15-13-16-24-50)31-21-32-63(71)51-25-17-14-18-26-51)49-78(68)59-29-20-30-60(47-59)81-61-36-37-65-66-44-52(54-42-57(75(7,8)9)45-58(43-54)76(10,11)12)35-38-67(66)80(69(65)48-61)70-46-56(39-40-77-70)74(4,5)6;/h13-46H,1-12H3;/q;+2. The van der Waals surface area contributed by atoms with Crippen LogP contribution in [-0.2, 0) is 42.7 Å². The molecule has 0 spiro atoms. The maximum absolute atomic E-state index is 6.91. The van der Waals surface area contributed by atoms with Crippen molar-refractivity contribution in [3.8, 4) is 61.8 Å². The van der Waals surface area contributed by atoms with Crippen LogP contribution in [0, 0.1) is 12.1 Å². The van der Waals surface area contributed by atoms with Gasteiger partial charge in [0.05, 0.1) is 16.7 Å². The molecule has 408 valence electrons. The van der Waals surface area contributed by atoms with E-state index in [-0.39, 0.29) is 42.7 Å². The van der Waals surface area contributed by atoms with Crippen molar-refractivity contribution >= 4 is 50.6 Å². The smallest absolute Gasteiger partial charge is 0.509 e. The Balaban J connectivity index is 0.00000705. The van der Waals surface area contributed by atoms with Crippen molar-refractivity contribution in [2.24, 2.45) is 0 Å². The van der Waals surface area contributed by atoms with E-state index in [2.05, 4.69) is 297 Å². The summed E-state index contributed by atoms with van der Waals surface area (Å²) in [4.78, 5) is 5.03. The number of aromatic nitrogens is 2. The van der Waals surface area contributed by atoms with Crippen molar-refractivity contribution in [2.75, 3.05) is 0 Å². The number of ether oxygens (including phenoxy) is 1. The van der Waals surface area contributed by atoms with Crippen LogP contribution in [0.2, 0.25) is 0 Å². The molecule has 82 heavy (non-hydrogen) atoms. The van der Waals surface area contributed by atoms with Gasteiger partial charge in [-0.25, -0.2) is 4.98 Å². The van der Waals surface area contributed by atoms with Crippen LogP contribution in [0.3, 0.4) is 0 Å². The molecule has 0 saturated heterocycles. The molecule has 1 aliphatic rings. The van der Waals surface area contributed by atoms with Crippen molar-refractivity contribution in [1.29, 1.82) is 0 Å². The zero-order chi connectivity index (χ0) is 56.6. The predicted octanol–water partition coefficient (Wildman–Crippen LogP) is 20.3. The van der Waals surface area contributed by atoms with Crippen LogP contribution in [0.4, 0.5) is 22.7 Å². The number of rotatable bonds is 9. The molecule has 0 atom stereocenters. The van der Waals surface area contributed by atoms with Crippen LogP contribution in [0.5, 0.6) is 11.5 Å². The third-order valence-electron chi connectivity index (χ3n) is 15.9. The molecular weight excluding hydrogens is 1180 g/mol. The summed E-state index contributed by atoms with van der Waals surface area (Å²) in [6.45, 7) is 27.3. The van der Waals surface area contributed by atoms with Crippen molar-refractivity contribution in [1.82, 2.24) is 18.7 Å². The molecule has 0 bridgehead atoms. The molecular formula is C76H70N4OPt+2. The molecule has 0 aliphatic carbocycles. The Kier molecular flexibility index (Phi) is 14.5. The first-order chi connectivity index (χ1) is 38.7. The zero-order valence-electron chi connectivity index (χ0n) is 49.1. The van der Waals surface area contributed by atoms with E-state index in [1.807, 2.05) is 24.4 Å². The van der Waals surface area contributed by atoms with Gasteiger partial charge in [0.1, 0.15) is 11.5 Å². The number of hydrogen-bond donors (Lipinski definition) is 0. The van der Waals surface area contributed by atoms with Gasteiger partial charge in [-0.1, -0.05) is 233 Å². The SMILES string of the molecule is CC(C)(C)c1cccc(-c2cccc3c2[N+](c2c(-c4ccccc4)cccc2-c2ccccc2)=C=[N+]3c2[c-]c(Oc3[c-]c4c(cc3)c3cc(-c5cc(C(C)(C)C)cc(C(C)(C)C)c5)ccc3n4-c3cc(C(C)(C)C)ccn3)ccc2)c1.[Pt+2]. The number of para-hydroxylation sites is 2. The molecule has 0 N–H and O–H groups in total. The molecule has 5 nitrogen and oxygen atoms in total. The third kappa shape index (κ3) is 10.7. The van der Waals surface area contributed by atoms with Gasteiger partial charge < -0.3 is 9.30 Å². The van der Waals surface area contributed by atoms with E-state index in [9.17, 15) is 0 Å². The second kappa shape index (κ2) is 21.3. The van der Waals surface area contributed by atoms with Crippen molar-refractivity contribution in [3.05, 3.63) is 241 Å². The number of hydrogen-bond acceptors (Lipinski definition) is 2. The molecule has 12 rings (SSSR count). The Hall–Kier alpha value is -8.20. The largest absolute Gasteiger partial charge is 2.00 e. The van der Waals surface area contributed by atoms with Gasteiger partial charge in [-0.15, -0.1) is 23.6 Å². The summed E-state index contributed by atoms with van der Waals surface area (Å²) >= 11 is 0. The molecule has 0 amide bonds. The number of fused-ring (bicyclic) bond motifs is 4. The van der Waals surface area contributed by atoms with Crippen LogP contribution in [0.15, 0.2) is 206 Å². The maximum atomic E-state index is 6.91. The van der Waals surface area contributed by atoms with E-state index >= 15 is 0 Å². The molecule has 0 saturated carbocycles. The molecule has 1 aliphatic heterocycles. The average Bonchev–Trinajstić information content (AvgIpc) is 3.13. The van der Waals surface area contributed by atoms with Crippen molar-refractivity contribution in [3.63, 3.8) is 0 Å². The van der Waals surface area contributed by atoms with Crippen molar-refractivity contribution < 1.29 is 25.8 Å². The van der Waals surface area contributed by atoms with Gasteiger partial charge >= 0.3 is 32.8 Å². The Morgan fingerprint density at radius 2 is 0.963 bits per heavy atom. The molecule has 11 aromatic rings. The van der Waals surface area contributed by atoms with E-state index in [1.54, 1.807) is 0 Å². The third-order valence-corrected chi connectivity index (χ3v) is 15.9. The minimum Gasteiger partial charge on any atom is -0.509 e. The monoisotopic (exact) mass is 1250 g/mol. The summed E-state index contributed by atoms with van der Waals surface area (Å²) in [5.74, 6) is 1.96. The number of benzene rings is 9. The van der Waals surface area contributed by atoms with Gasteiger partial charge in [-0.2, -0.15) is 12.1 Å². The molecule has 9 aromatic carbocycles. The van der Waals surface area contributed by atoms with Gasteiger partial charge in [0.15, 0.2) is 0 Å². The van der Waals surface area contributed by atoms with Crippen LogP contribution < -0.4 is 13.9 Å². The first-order valence-corrected chi connectivity index (χ1v) is 28.4. The molecule has 6 heteroatoms. The van der Waals surface area contributed by atoms with Crippen molar-refractivity contribution in [2.45, 2.75) is 105 Å². The number of pyridine rings is 1. The Morgan fingerprint density at radius 3 is 1.60 bits per heavy atom. The van der Waals surface area contributed by atoms with Gasteiger partial charge in [0.2, 0.25) is 5.69 Å². The van der Waals surface area contributed by atoms with E-state index in [4.69, 9.17) is 9.72 Å². The topological polar surface area (TPSA) is 33.1 Å². The van der Waals surface area contributed by atoms with Gasteiger partial charge in [0, 0.05) is 29.3 Å². The summed E-state index contributed by atoms with van der Waals surface area (Å²) in [6, 6.07) is 83.5. The summed E-state index contributed by atoms with van der Waals surface area (Å²) in [5.41, 5.74) is 19.8. The van der Waals surface area contributed by atoms with E-state index in [0.29, 0.717) is 11.5 Å². The van der Waals surface area contributed by atoms with Crippen LogP contribution in [-0.4, -0.2) is 15.6 Å². The van der Waals surface area contributed by atoms with Crippen LogP contribution in [0.1, 0.15) is 105 Å². The normalized spacial score (nSPS) is 12.7. The second-order valence-corrected chi connectivity index (χ2v) is 25.8. The Labute approximate surface area is 499 Å². The minimum absolute atomic E-state index is 0. The first-order valence-electron chi connectivity index (χ1n) is 28.4. The molecule has 2 aromatic heterocycles. The van der Waals surface area contributed by atoms with Gasteiger partial charge in [-0.3, -0.25) is 0 Å². The predicted molar refractivity (Wildman–Crippen MR) is 340 cm³/mol.